The monoisotopic (exact) mass is 252 g/mol. The summed E-state index contributed by atoms with van der Waals surface area (Å²) in [5, 5.41) is 3.35. The minimum atomic E-state index is -4.09. The first-order chi connectivity index (χ1) is 7.87. The molecule has 0 aliphatic heterocycles. The number of hydrogen-bond donors (Lipinski definition) is 1. The van der Waals surface area contributed by atoms with Crippen molar-refractivity contribution in [3.63, 3.8) is 0 Å². The molecule has 0 amide bonds. The van der Waals surface area contributed by atoms with Crippen LogP contribution in [0.25, 0.3) is 0 Å². The van der Waals surface area contributed by atoms with Crippen molar-refractivity contribution in [1.29, 1.82) is 0 Å². The van der Waals surface area contributed by atoms with Crippen LogP contribution in [0.1, 0.15) is 32.6 Å². The van der Waals surface area contributed by atoms with Gasteiger partial charge in [0.2, 0.25) is 0 Å². The Morgan fingerprint density at radius 2 is 1.76 bits per heavy atom. The lowest BCUT2D eigenvalue weighted by Gasteiger charge is -2.28. The number of alkyl halides is 3. The van der Waals surface area contributed by atoms with Crippen molar-refractivity contribution in [2.45, 2.75) is 44.8 Å². The highest BCUT2D eigenvalue weighted by Crippen LogP contribution is 2.23. The van der Waals surface area contributed by atoms with Crippen molar-refractivity contribution in [3.8, 4) is 0 Å². The summed E-state index contributed by atoms with van der Waals surface area (Å²) in [5.74, 6) is 0.806. The molecule has 0 heterocycles. The molecule has 0 aromatic carbocycles. The van der Waals surface area contributed by atoms with Crippen LogP contribution in [0.3, 0.4) is 0 Å². The molecule has 1 saturated carbocycles. The smallest absolute Gasteiger partial charge is 0.313 e. The molecule has 0 unspecified atom stereocenters. The van der Waals surface area contributed by atoms with E-state index >= 15 is 0 Å². The fraction of sp³-hybridized carbons (Fsp3) is 1.00. The molecule has 0 bridgehead atoms. The Morgan fingerprint density at radius 3 is 2.29 bits per heavy atom. The van der Waals surface area contributed by atoms with E-state index in [0.29, 0.717) is 19.1 Å². The molecule has 0 atom stereocenters. The minimum Gasteiger partial charge on any atom is -0.313 e. The first kappa shape index (κ1) is 14.8. The predicted octanol–water partition coefficient (Wildman–Crippen LogP) is 2.65. The summed E-state index contributed by atoms with van der Waals surface area (Å²) in [5.41, 5.74) is 0. The normalized spacial score (nSPS) is 26.5. The van der Waals surface area contributed by atoms with E-state index in [1.165, 1.54) is 24.8 Å². The van der Waals surface area contributed by atoms with E-state index in [-0.39, 0.29) is 0 Å². The summed E-state index contributed by atoms with van der Waals surface area (Å²) >= 11 is 0. The summed E-state index contributed by atoms with van der Waals surface area (Å²) in [6.45, 7) is 2.53. The van der Waals surface area contributed by atoms with Gasteiger partial charge in [-0.15, -0.1) is 0 Å². The van der Waals surface area contributed by atoms with Crippen LogP contribution in [0.4, 0.5) is 13.2 Å². The van der Waals surface area contributed by atoms with Crippen molar-refractivity contribution >= 4 is 0 Å². The maximum atomic E-state index is 12.1. The molecule has 102 valence electrons. The van der Waals surface area contributed by atoms with Gasteiger partial charge >= 0.3 is 6.18 Å². The molecule has 0 aromatic rings. The number of nitrogens with one attached hydrogen (secondary N) is 1. The molecule has 1 N–H and O–H groups in total. The van der Waals surface area contributed by atoms with Crippen molar-refractivity contribution < 1.29 is 13.2 Å². The first-order valence-electron chi connectivity index (χ1n) is 6.35. The number of likely N-dealkylation sites (N-methyl/N-ethyl adjacent to an activating group) is 1. The molecule has 0 saturated heterocycles. The second kappa shape index (κ2) is 6.59. The van der Waals surface area contributed by atoms with Gasteiger partial charge in [0.1, 0.15) is 0 Å². The van der Waals surface area contributed by atoms with Crippen LogP contribution < -0.4 is 5.32 Å². The number of rotatable bonds is 5. The van der Waals surface area contributed by atoms with Crippen LogP contribution >= 0.6 is 0 Å². The van der Waals surface area contributed by atoms with Crippen molar-refractivity contribution in [2.75, 3.05) is 26.7 Å². The Morgan fingerprint density at radius 1 is 1.18 bits per heavy atom. The standard InChI is InChI=1S/C12H23F3N2/c1-10-3-5-11(6-4-10)16-7-8-17(2)9-12(13,14)15/h10-11,16H,3-9H2,1-2H3. The van der Waals surface area contributed by atoms with Gasteiger partial charge in [-0.05, 0) is 38.6 Å². The molecule has 0 spiro atoms. The molecule has 1 aliphatic rings. The highest BCUT2D eigenvalue weighted by Gasteiger charge is 2.28. The van der Waals surface area contributed by atoms with Crippen LogP contribution in [-0.2, 0) is 0 Å². The number of hydrogen-bond acceptors (Lipinski definition) is 2. The van der Waals surface area contributed by atoms with Crippen LogP contribution in [0.5, 0.6) is 0 Å². The minimum absolute atomic E-state index is 0.450. The first-order valence-corrected chi connectivity index (χ1v) is 6.35. The average molecular weight is 252 g/mol. The summed E-state index contributed by atoms with van der Waals surface area (Å²) in [7, 11) is 1.51. The molecule has 1 aliphatic carbocycles. The number of halogens is 3. The Labute approximate surface area is 102 Å². The molecule has 1 fully saturated rings. The highest BCUT2D eigenvalue weighted by molar-refractivity contribution is 4.75. The second-order valence-corrected chi connectivity index (χ2v) is 5.26. The molecule has 5 heteroatoms. The zero-order valence-corrected chi connectivity index (χ0v) is 10.7. The van der Waals surface area contributed by atoms with E-state index < -0.39 is 12.7 Å². The Kier molecular flexibility index (Phi) is 5.73. The second-order valence-electron chi connectivity index (χ2n) is 5.26. The van der Waals surface area contributed by atoms with Gasteiger partial charge in [-0.3, -0.25) is 4.90 Å². The van der Waals surface area contributed by atoms with E-state index in [0.717, 1.165) is 18.8 Å². The molecular formula is C12H23F3N2. The zero-order valence-electron chi connectivity index (χ0n) is 10.7. The van der Waals surface area contributed by atoms with Gasteiger partial charge in [-0.25, -0.2) is 0 Å². The van der Waals surface area contributed by atoms with E-state index in [9.17, 15) is 13.2 Å². The zero-order chi connectivity index (χ0) is 12.9. The summed E-state index contributed by atoms with van der Waals surface area (Å²) in [4.78, 5) is 1.32. The van der Waals surface area contributed by atoms with Crippen LogP contribution in [-0.4, -0.2) is 43.8 Å². The molecular weight excluding hydrogens is 229 g/mol. The third-order valence-electron chi connectivity index (χ3n) is 3.39. The lowest BCUT2D eigenvalue weighted by atomic mass is 9.87. The van der Waals surface area contributed by atoms with Gasteiger partial charge < -0.3 is 5.32 Å². The summed E-state index contributed by atoms with van der Waals surface area (Å²) in [6.07, 6.45) is 0.690. The molecule has 2 nitrogen and oxygen atoms in total. The maximum absolute atomic E-state index is 12.1. The van der Waals surface area contributed by atoms with Crippen molar-refractivity contribution in [2.24, 2.45) is 5.92 Å². The maximum Gasteiger partial charge on any atom is 0.401 e. The number of nitrogens with zero attached hydrogens (tertiary/aromatic N) is 1. The topological polar surface area (TPSA) is 15.3 Å². The Bertz CT molecular complexity index is 210. The molecule has 17 heavy (non-hydrogen) atoms. The van der Waals surface area contributed by atoms with Gasteiger partial charge in [0.25, 0.3) is 0 Å². The van der Waals surface area contributed by atoms with E-state index in [1.54, 1.807) is 0 Å². The molecule has 0 aromatic heterocycles. The summed E-state index contributed by atoms with van der Waals surface area (Å²) in [6, 6.07) is 0.505. The third-order valence-corrected chi connectivity index (χ3v) is 3.39. The molecule has 1 rings (SSSR count). The lowest BCUT2D eigenvalue weighted by Crippen LogP contribution is -2.40. The van der Waals surface area contributed by atoms with Gasteiger partial charge in [0.05, 0.1) is 6.54 Å². The quantitative estimate of drug-likeness (QED) is 0.809. The summed E-state index contributed by atoms with van der Waals surface area (Å²) < 4.78 is 36.2. The van der Waals surface area contributed by atoms with Gasteiger partial charge in [0.15, 0.2) is 0 Å². The lowest BCUT2D eigenvalue weighted by molar-refractivity contribution is -0.142. The van der Waals surface area contributed by atoms with Crippen LogP contribution in [0.2, 0.25) is 0 Å². The van der Waals surface area contributed by atoms with E-state index in [1.807, 2.05) is 0 Å². The molecule has 0 radical (unpaired) electrons. The average Bonchev–Trinajstić information content (AvgIpc) is 2.18. The fourth-order valence-electron chi connectivity index (χ4n) is 2.31. The van der Waals surface area contributed by atoms with Crippen LogP contribution in [0, 0.1) is 5.92 Å². The van der Waals surface area contributed by atoms with Crippen molar-refractivity contribution in [1.82, 2.24) is 10.2 Å². The SMILES string of the molecule is CC1CCC(NCCN(C)CC(F)(F)F)CC1. The third kappa shape index (κ3) is 6.88. The van der Waals surface area contributed by atoms with Crippen molar-refractivity contribution in [3.05, 3.63) is 0 Å². The van der Waals surface area contributed by atoms with Crippen LogP contribution in [0.15, 0.2) is 0 Å². The van der Waals surface area contributed by atoms with Gasteiger partial charge in [0, 0.05) is 19.1 Å². The van der Waals surface area contributed by atoms with Gasteiger partial charge in [-0.2, -0.15) is 13.2 Å². The van der Waals surface area contributed by atoms with E-state index in [2.05, 4.69) is 12.2 Å². The Hall–Kier alpha value is -0.290. The largest absolute Gasteiger partial charge is 0.401 e. The highest BCUT2D eigenvalue weighted by atomic mass is 19.4. The van der Waals surface area contributed by atoms with E-state index in [4.69, 9.17) is 0 Å². The fourth-order valence-corrected chi connectivity index (χ4v) is 2.31. The Balaban J connectivity index is 2.07. The predicted molar refractivity (Wildman–Crippen MR) is 63.0 cm³/mol. The van der Waals surface area contributed by atoms with Gasteiger partial charge in [-0.1, -0.05) is 6.92 Å².